The first-order chi connectivity index (χ1) is 11.3. The molecule has 0 bridgehead atoms. The molecule has 1 aliphatic carbocycles. The van der Waals surface area contributed by atoms with Gasteiger partial charge in [-0.25, -0.2) is 4.98 Å². The molecule has 0 radical (unpaired) electrons. The van der Waals surface area contributed by atoms with Gasteiger partial charge < -0.3 is 9.72 Å². The fourth-order valence-corrected chi connectivity index (χ4v) is 3.96. The highest BCUT2D eigenvalue weighted by Crippen LogP contribution is 2.28. The van der Waals surface area contributed by atoms with Crippen LogP contribution >= 0.6 is 0 Å². The lowest BCUT2D eigenvalue weighted by Gasteiger charge is -2.43. The molecule has 4 rings (SSSR count). The number of aromatic nitrogens is 2. The zero-order chi connectivity index (χ0) is 15.6. The van der Waals surface area contributed by atoms with Crippen LogP contribution < -0.4 is 5.56 Å². The second kappa shape index (κ2) is 6.42. The molecule has 1 N–H and O–H groups in total. The van der Waals surface area contributed by atoms with Crippen LogP contribution in [0.5, 0.6) is 0 Å². The number of hydrogen-bond acceptors (Lipinski definition) is 4. The largest absolute Gasteiger partial charge is 0.375 e. The van der Waals surface area contributed by atoms with Gasteiger partial charge in [0.1, 0.15) is 5.82 Å². The average molecular weight is 313 g/mol. The molecule has 2 fully saturated rings. The van der Waals surface area contributed by atoms with Gasteiger partial charge in [0.2, 0.25) is 0 Å². The van der Waals surface area contributed by atoms with Gasteiger partial charge in [-0.3, -0.25) is 9.69 Å². The van der Waals surface area contributed by atoms with Gasteiger partial charge in [0.25, 0.3) is 5.56 Å². The van der Waals surface area contributed by atoms with Crippen molar-refractivity contribution in [3.8, 4) is 0 Å². The molecule has 5 heteroatoms. The topological polar surface area (TPSA) is 58.2 Å². The number of fused-ring (bicyclic) bond motifs is 2. The van der Waals surface area contributed by atoms with Crippen LogP contribution in [0.25, 0.3) is 10.9 Å². The standard InChI is InChI=1S/C18H23N3O2/c22-18-13-5-1-2-6-14(13)19-17(20-18)9-10-21-11-12-23-16-8-4-3-7-15(16)21/h1-2,5-6,15-16H,3-4,7-12H2,(H,19,20,22)/t15-,16-/m0/s1. The Bertz CT molecular complexity index is 740. The molecular formula is C18H23N3O2. The summed E-state index contributed by atoms with van der Waals surface area (Å²) in [6.45, 7) is 2.74. The lowest BCUT2D eigenvalue weighted by molar-refractivity contribution is -0.0876. The molecule has 1 saturated carbocycles. The summed E-state index contributed by atoms with van der Waals surface area (Å²) in [7, 11) is 0. The number of hydrogen-bond donors (Lipinski definition) is 1. The van der Waals surface area contributed by atoms with Crippen molar-refractivity contribution in [2.75, 3.05) is 19.7 Å². The third kappa shape index (κ3) is 3.03. The smallest absolute Gasteiger partial charge is 0.258 e. The number of aromatic amines is 1. The Kier molecular flexibility index (Phi) is 4.14. The Hall–Kier alpha value is -1.72. The Morgan fingerprint density at radius 3 is 3.09 bits per heavy atom. The van der Waals surface area contributed by atoms with E-state index in [1.165, 1.54) is 25.7 Å². The lowest BCUT2D eigenvalue weighted by atomic mass is 9.90. The van der Waals surface area contributed by atoms with Gasteiger partial charge in [-0.2, -0.15) is 0 Å². The van der Waals surface area contributed by atoms with Gasteiger partial charge in [-0.15, -0.1) is 0 Å². The van der Waals surface area contributed by atoms with Crippen LogP contribution in [0, 0.1) is 0 Å². The maximum absolute atomic E-state index is 12.1. The summed E-state index contributed by atoms with van der Waals surface area (Å²) in [6, 6.07) is 8.06. The normalized spacial score (nSPS) is 25.4. The van der Waals surface area contributed by atoms with Gasteiger partial charge in [0.05, 0.1) is 23.6 Å². The Morgan fingerprint density at radius 2 is 2.13 bits per heavy atom. The summed E-state index contributed by atoms with van der Waals surface area (Å²) in [5, 5.41) is 0.662. The van der Waals surface area contributed by atoms with Gasteiger partial charge >= 0.3 is 0 Å². The number of morpholine rings is 1. The molecule has 1 saturated heterocycles. The van der Waals surface area contributed by atoms with E-state index in [4.69, 9.17) is 4.74 Å². The molecule has 23 heavy (non-hydrogen) atoms. The molecule has 0 spiro atoms. The van der Waals surface area contributed by atoms with E-state index in [0.29, 0.717) is 17.5 Å². The van der Waals surface area contributed by atoms with Crippen molar-refractivity contribution >= 4 is 10.9 Å². The summed E-state index contributed by atoms with van der Waals surface area (Å²) in [5.74, 6) is 0.785. The number of ether oxygens (including phenoxy) is 1. The third-order valence-corrected chi connectivity index (χ3v) is 5.14. The SMILES string of the molecule is O=c1[nH]c(CCN2CCO[C@H]3CCCC[C@@H]32)nc2ccccc12. The van der Waals surface area contributed by atoms with Crippen molar-refractivity contribution < 1.29 is 4.74 Å². The van der Waals surface area contributed by atoms with Crippen LogP contribution in [0.2, 0.25) is 0 Å². The zero-order valence-electron chi connectivity index (χ0n) is 13.3. The number of nitrogens with zero attached hydrogens (tertiary/aromatic N) is 2. The van der Waals surface area contributed by atoms with Crippen molar-refractivity contribution in [1.29, 1.82) is 0 Å². The first-order valence-corrected chi connectivity index (χ1v) is 8.65. The quantitative estimate of drug-likeness (QED) is 0.943. The average Bonchev–Trinajstić information content (AvgIpc) is 2.60. The lowest BCUT2D eigenvalue weighted by Crippen LogP contribution is -2.53. The Balaban J connectivity index is 1.49. The summed E-state index contributed by atoms with van der Waals surface area (Å²) >= 11 is 0. The number of para-hydroxylation sites is 1. The van der Waals surface area contributed by atoms with Gasteiger partial charge in [-0.05, 0) is 25.0 Å². The van der Waals surface area contributed by atoms with Gasteiger partial charge in [-0.1, -0.05) is 25.0 Å². The minimum atomic E-state index is -0.0388. The van der Waals surface area contributed by atoms with E-state index in [9.17, 15) is 4.79 Å². The van der Waals surface area contributed by atoms with Crippen LogP contribution in [-0.4, -0.2) is 46.7 Å². The van der Waals surface area contributed by atoms with Crippen molar-refractivity contribution in [3.63, 3.8) is 0 Å². The molecule has 5 nitrogen and oxygen atoms in total. The fraction of sp³-hybridized carbons (Fsp3) is 0.556. The third-order valence-electron chi connectivity index (χ3n) is 5.14. The zero-order valence-corrected chi connectivity index (χ0v) is 13.3. The number of nitrogens with one attached hydrogen (secondary N) is 1. The highest BCUT2D eigenvalue weighted by Gasteiger charge is 2.33. The van der Waals surface area contributed by atoms with Crippen LogP contribution in [0.15, 0.2) is 29.1 Å². The van der Waals surface area contributed by atoms with Crippen LogP contribution in [-0.2, 0) is 11.2 Å². The van der Waals surface area contributed by atoms with Crippen LogP contribution in [0.1, 0.15) is 31.5 Å². The van der Waals surface area contributed by atoms with E-state index in [1.54, 1.807) is 0 Å². The van der Waals surface area contributed by atoms with Crippen LogP contribution in [0.3, 0.4) is 0 Å². The molecule has 0 amide bonds. The molecule has 2 heterocycles. The van der Waals surface area contributed by atoms with Crippen molar-refractivity contribution in [2.45, 2.75) is 44.2 Å². The molecule has 2 aromatic rings. The van der Waals surface area contributed by atoms with E-state index in [2.05, 4.69) is 14.9 Å². The summed E-state index contributed by atoms with van der Waals surface area (Å²) in [5.41, 5.74) is 0.742. The van der Waals surface area contributed by atoms with Crippen LogP contribution in [0.4, 0.5) is 0 Å². The molecule has 2 atom stereocenters. The molecule has 0 unspecified atom stereocenters. The molecular weight excluding hydrogens is 290 g/mol. The van der Waals surface area contributed by atoms with E-state index in [-0.39, 0.29) is 5.56 Å². The van der Waals surface area contributed by atoms with Crippen molar-refractivity contribution in [1.82, 2.24) is 14.9 Å². The highest BCUT2D eigenvalue weighted by molar-refractivity contribution is 5.77. The Morgan fingerprint density at radius 1 is 1.26 bits per heavy atom. The molecule has 2 aliphatic rings. The first kappa shape index (κ1) is 14.8. The minimum Gasteiger partial charge on any atom is -0.375 e. The van der Waals surface area contributed by atoms with Gasteiger partial charge in [0.15, 0.2) is 0 Å². The molecule has 1 aromatic heterocycles. The van der Waals surface area contributed by atoms with Crippen molar-refractivity contribution in [2.24, 2.45) is 0 Å². The minimum absolute atomic E-state index is 0.0388. The maximum atomic E-state index is 12.1. The monoisotopic (exact) mass is 313 g/mol. The fourth-order valence-electron chi connectivity index (χ4n) is 3.96. The van der Waals surface area contributed by atoms with E-state index in [0.717, 1.165) is 37.5 Å². The summed E-state index contributed by atoms with van der Waals surface area (Å²) in [4.78, 5) is 22.2. The van der Waals surface area contributed by atoms with Crippen molar-refractivity contribution in [3.05, 3.63) is 40.4 Å². The maximum Gasteiger partial charge on any atom is 0.258 e. The Labute approximate surface area is 135 Å². The second-order valence-electron chi connectivity index (χ2n) is 6.58. The number of benzene rings is 1. The summed E-state index contributed by atoms with van der Waals surface area (Å²) < 4.78 is 5.93. The van der Waals surface area contributed by atoms with E-state index < -0.39 is 0 Å². The highest BCUT2D eigenvalue weighted by atomic mass is 16.5. The molecule has 122 valence electrons. The van der Waals surface area contributed by atoms with Gasteiger partial charge in [0, 0.05) is 25.6 Å². The first-order valence-electron chi connectivity index (χ1n) is 8.65. The predicted molar refractivity (Wildman–Crippen MR) is 89.6 cm³/mol. The number of H-pyrrole nitrogens is 1. The molecule has 1 aliphatic heterocycles. The molecule has 1 aromatic carbocycles. The summed E-state index contributed by atoms with van der Waals surface area (Å²) in [6.07, 6.45) is 6.18. The predicted octanol–water partition coefficient (Wildman–Crippen LogP) is 2.11. The van der Waals surface area contributed by atoms with E-state index >= 15 is 0 Å². The number of rotatable bonds is 3. The second-order valence-corrected chi connectivity index (χ2v) is 6.58. The van der Waals surface area contributed by atoms with E-state index in [1.807, 2.05) is 24.3 Å².